The first kappa shape index (κ1) is 16.5. The molecule has 0 aliphatic rings. The second-order valence-corrected chi connectivity index (χ2v) is 7.74. The maximum absolute atomic E-state index is 12.7. The summed E-state index contributed by atoms with van der Waals surface area (Å²) in [7, 11) is 0. The minimum atomic E-state index is -0.282. The van der Waals surface area contributed by atoms with Gasteiger partial charge >= 0.3 is 0 Å². The second-order valence-electron chi connectivity index (χ2n) is 6.79. The van der Waals surface area contributed by atoms with Gasteiger partial charge in [0.15, 0.2) is 0 Å². The number of benzene rings is 1. The molecule has 2 heterocycles. The molecule has 4 nitrogen and oxygen atoms in total. The lowest BCUT2D eigenvalue weighted by molar-refractivity contribution is -0.123. The highest BCUT2D eigenvalue weighted by Crippen LogP contribution is 2.25. The Morgan fingerprint density at radius 1 is 1.12 bits per heavy atom. The predicted octanol–water partition coefficient (Wildman–Crippen LogP) is 3.85. The van der Waals surface area contributed by atoms with Crippen LogP contribution in [0, 0.1) is 0 Å². The van der Waals surface area contributed by atoms with Crippen LogP contribution in [0.5, 0.6) is 0 Å². The molecule has 1 aromatic carbocycles. The van der Waals surface area contributed by atoms with Gasteiger partial charge in [0, 0.05) is 28.2 Å². The molecule has 0 fully saturated rings. The number of carbonyl (C=O) groups excluding carboxylic acids is 2. The normalized spacial score (nSPS) is 11.6. The van der Waals surface area contributed by atoms with E-state index in [2.05, 4.69) is 5.32 Å². The standard InChI is InChI=1S/C19H20N2O2S/c1-19(2,3)20-17(22)12-21-11-14(13-7-4-5-8-15(13)21)18(23)16-9-6-10-24-16/h4-11H,12H2,1-3H3,(H,20,22). The molecule has 2 aromatic heterocycles. The van der Waals surface area contributed by atoms with Crippen LogP contribution in [0.2, 0.25) is 0 Å². The molecule has 3 aromatic rings. The van der Waals surface area contributed by atoms with Crippen LogP contribution < -0.4 is 5.32 Å². The van der Waals surface area contributed by atoms with Crippen molar-refractivity contribution >= 4 is 33.9 Å². The van der Waals surface area contributed by atoms with Gasteiger partial charge in [0.05, 0.1) is 4.88 Å². The van der Waals surface area contributed by atoms with Crippen molar-refractivity contribution in [1.82, 2.24) is 9.88 Å². The fourth-order valence-electron chi connectivity index (χ4n) is 2.71. The number of ketones is 1. The van der Waals surface area contributed by atoms with Crippen molar-refractivity contribution in [3.63, 3.8) is 0 Å². The molecule has 3 rings (SSSR count). The van der Waals surface area contributed by atoms with E-state index in [1.165, 1.54) is 11.3 Å². The molecule has 0 radical (unpaired) electrons. The quantitative estimate of drug-likeness (QED) is 0.734. The molecule has 0 saturated carbocycles. The van der Waals surface area contributed by atoms with Gasteiger partial charge in [0.2, 0.25) is 11.7 Å². The van der Waals surface area contributed by atoms with Gasteiger partial charge in [0.25, 0.3) is 0 Å². The highest BCUT2D eigenvalue weighted by atomic mass is 32.1. The number of fused-ring (bicyclic) bond motifs is 1. The molecule has 0 unspecified atom stereocenters. The van der Waals surface area contributed by atoms with Crippen LogP contribution in [0.3, 0.4) is 0 Å². The molecule has 1 N–H and O–H groups in total. The van der Waals surface area contributed by atoms with E-state index in [1.807, 2.05) is 67.1 Å². The van der Waals surface area contributed by atoms with Crippen molar-refractivity contribution in [3.05, 3.63) is 58.4 Å². The Hall–Kier alpha value is -2.40. The molecule has 0 saturated heterocycles. The zero-order chi connectivity index (χ0) is 17.3. The number of hydrogen-bond acceptors (Lipinski definition) is 3. The zero-order valence-corrected chi connectivity index (χ0v) is 14.8. The molecule has 0 bridgehead atoms. The Labute approximate surface area is 145 Å². The molecule has 0 aliphatic carbocycles. The van der Waals surface area contributed by atoms with Crippen molar-refractivity contribution in [1.29, 1.82) is 0 Å². The summed E-state index contributed by atoms with van der Waals surface area (Å²) < 4.78 is 1.84. The summed E-state index contributed by atoms with van der Waals surface area (Å²) in [4.78, 5) is 25.7. The summed E-state index contributed by atoms with van der Waals surface area (Å²) in [5.41, 5.74) is 1.24. The van der Waals surface area contributed by atoms with E-state index in [0.29, 0.717) is 10.4 Å². The van der Waals surface area contributed by atoms with Gasteiger partial charge in [-0.3, -0.25) is 9.59 Å². The first-order chi connectivity index (χ1) is 11.3. The van der Waals surface area contributed by atoms with E-state index >= 15 is 0 Å². The molecule has 1 amide bonds. The van der Waals surface area contributed by atoms with Gasteiger partial charge in [-0.1, -0.05) is 24.3 Å². The fourth-order valence-corrected chi connectivity index (χ4v) is 3.39. The van der Waals surface area contributed by atoms with Crippen LogP contribution in [-0.4, -0.2) is 21.8 Å². The Morgan fingerprint density at radius 2 is 1.88 bits per heavy atom. The summed E-state index contributed by atoms with van der Waals surface area (Å²) >= 11 is 1.43. The van der Waals surface area contributed by atoms with Gasteiger partial charge < -0.3 is 9.88 Å². The number of thiophene rings is 1. The molecular formula is C19H20N2O2S. The summed E-state index contributed by atoms with van der Waals surface area (Å²) in [5.74, 6) is -0.0745. The minimum Gasteiger partial charge on any atom is -0.350 e. The van der Waals surface area contributed by atoms with Crippen molar-refractivity contribution < 1.29 is 9.59 Å². The molecule has 24 heavy (non-hydrogen) atoms. The molecular weight excluding hydrogens is 320 g/mol. The summed E-state index contributed by atoms with van der Waals surface area (Å²) in [6.07, 6.45) is 1.79. The van der Waals surface area contributed by atoms with Crippen LogP contribution in [0.15, 0.2) is 48.0 Å². The highest BCUT2D eigenvalue weighted by Gasteiger charge is 2.19. The Morgan fingerprint density at radius 3 is 2.54 bits per heavy atom. The number of aromatic nitrogens is 1. The van der Waals surface area contributed by atoms with Gasteiger partial charge in [-0.25, -0.2) is 0 Å². The van der Waals surface area contributed by atoms with Crippen molar-refractivity contribution in [2.24, 2.45) is 0 Å². The van der Waals surface area contributed by atoms with Crippen molar-refractivity contribution in [2.75, 3.05) is 0 Å². The molecule has 0 spiro atoms. The van der Waals surface area contributed by atoms with E-state index in [0.717, 1.165) is 10.9 Å². The lowest BCUT2D eigenvalue weighted by atomic mass is 10.1. The SMILES string of the molecule is CC(C)(C)NC(=O)Cn1cc(C(=O)c2cccs2)c2ccccc21. The van der Waals surface area contributed by atoms with Crippen LogP contribution in [0.1, 0.15) is 36.0 Å². The third-order valence-electron chi connectivity index (χ3n) is 3.61. The second kappa shape index (κ2) is 6.24. The lowest BCUT2D eigenvalue weighted by Gasteiger charge is -2.20. The number of para-hydroxylation sites is 1. The van der Waals surface area contributed by atoms with E-state index in [9.17, 15) is 9.59 Å². The predicted molar refractivity (Wildman–Crippen MR) is 97.6 cm³/mol. The van der Waals surface area contributed by atoms with Crippen molar-refractivity contribution in [2.45, 2.75) is 32.9 Å². The number of carbonyl (C=O) groups is 2. The Balaban J connectivity index is 1.98. The minimum absolute atomic E-state index is 0.00354. The van der Waals surface area contributed by atoms with Crippen LogP contribution in [-0.2, 0) is 11.3 Å². The van der Waals surface area contributed by atoms with Crippen LogP contribution in [0.4, 0.5) is 0 Å². The Kier molecular flexibility index (Phi) is 4.28. The smallest absolute Gasteiger partial charge is 0.240 e. The fraction of sp³-hybridized carbons (Fsp3) is 0.263. The van der Waals surface area contributed by atoms with Crippen molar-refractivity contribution in [3.8, 4) is 0 Å². The van der Waals surface area contributed by atoms with Gasteiger partial charge in [-0.2, -0.15) is 0 Å². The Bertz CT molecular complexity index is 886. The summed E-state index contributed by atoms with van der Waals surface area (Å²) in [6, 6.07) is 11.4. The number of hydrogen-bond donors (Lipinski definition) is 1. The molecule has 0 aliphatic heterocycles. The molecule has 124 valence electrons. The van der Waals surface area contributed by atoms with E-state index < -0.39 is 0 Å². The lowest BCUT2D eigenvalue weighted by Crippen LogP contribution is -2.42. The van der Waals surface area contributed by atoms with E-state index in [-0.39, 0.29) is 23.8 Å². The highest BCUT2D eigenvalue weighted by molar-refractivity contribution is 7.12. The van der Waals surface area contributed by atoms with Gasteiger partial charge in [0.1, 0.15) is 6.54 Å². The number of amides is 1. The zero-order valence-electron chi connectivity index (χ0n) is 14.0. The largest absolute Gasteiger partial charge is 0.350 e. The molecule has 5 heteroatoms. The summed E-state index contributed by atoms with van der Waals surface area (Å²) in [5, 5.41) is 5.72. The summed E-state index contributed by atoms with van der Waals surface area (Å²) in [6.45, 7) is 6.04. The number of nitrogens with zero attached hydrogens (tertiary/aromatic N) is 1. The average molecular weight is 340 g/mol. The van der Waals surface area contributed by atoms with Gasteiger partial charge in [-0.15, -0.1) is 11.3 Å². The van der Waals surface area contributed by atoms with E-state index in [4.69, 9.17) is 0 Å². The third-order valence-corrected chi connectivity index (χ3v) is 4.48. The number of rotatable bonds is 4. The molecule has 0 atom stereocenters. The number of nitrogens with one attached hydrogen (secondary N) is 1. The van der Waals surface area contributed by atoms with Crippen LogP contribution >= 0.6 is 11.3 Å². The van der Waals surface area contributed by atoms with Crippen LogP contribution in [0.25, 0.3) is 10.9 Å². The van der Waals surface area contributed by atoms with Gasteiger partial charge in [-0.05, 0) is 38.3 Å². The first-order valence-corrected chi connectivity index (χ1v) is 8.70. The first-order valence-electron chi connectivity index (χ1n) is 7.82. The van der Waals surface area contributed by atoms with E-state index in [1.54, 1.807) is 6.20 Å². The monoisotopic (exact) mass is 340 g/mol. The average Bonchev–Trinajstić information content (AvgIpc) is 3.13. The third kappa shape index (κ3) is 3.41. The maximum Gasteiger partial charge on any atom is 0.240 e. The maximum atomic E-state index is 12.7. The topological polar surface area (TPSA) is 51.1 Å².